The van der Waals surface area contributed by atoms with Gasteiger partial charge in [-0.05, 0) is 44.0 Å². The third kappa shape index (κ3) is 6.48. The zero-order valence-electron chi connectivity index (χ0n) is 15.9. The van der Waals surface area contributed by atoms with Crippen LogP contribution in [0.2, 0.25) is 0 Å². The van der Waals surface area contributed by atoms with Crippen molar-refractivity contribution in [3.8, 4) is 6.07 Å². The van der Waals surface area contributed by atoms with Gasteiger partial charge in [-0.3, -0.25) is 4.79 Å². The van der Waals surface area contributed by atoms with Crippen molar-refractivity contribution in [2.75, 3.05) is 25.0 Å². The minimum absolute atomic E-state index is 0.0193. The van der Waals surface area contributed by atoms with E-state index in [-0.39, 0.29) is 22.6 Å². The first-order valence-corrected chi connectivity index (χ1v) is 10.5. The predicted octanol–water partition coefficient (Wildman–Crippen LogP) is 0.890. The summed E-state index contributed by atoms with van der Waals surface area (Å²) in [5.74, 6) is -0.632. The van der Waals surface area contributed by atoms with Gasteiger partial charge >= 0.3 is 6.09 Å². The van der Waals surface area contributed by atoms with Gasteiger partial charge in [0.25, 0.3) is 5.91 Å². The van der Waals surface area contributed by atoms with Crippen molar-refractivity contribution in [2.45, 2.75) is 30.7 Å². The molecule has 1 aliphatic heterocycles. The molecule has 1 saturated heterocycles. The summed E-state index contributed by atoms with van der Waals surface area (Å²) in [7, 11) is -3.82. The Morgan fingerprint density at radius 2 is 1.93 bits per heavy atom. The van der Waals surface area contributed by atoms with Gasteiger partial charge in [0, 0.05) is 31.0 Å². The van der Waals surface area contributed by atoms with Crippen molar-refractivity contribution in [3.05, 3.63) is 36.0 Å². The first-order chi connectivity index (χ1) is 13.7. The Balaban J connectivity index is 1.90. The van der Waals surface area contributed by atoms with Crippen LogP contribution >= 0.6 is 0 Å². The van der Waals surface area contributed by atoms with Crippen molar-refractivity contribution in [1.29, 1.82) is 5.26 Å². The monoisotopic (exact) mass is 421 g/mol. The van der Waals surface area contributed by atoms with Crippen LogP contribution in [0.4, 0.5) is 10.5 Å². The Bertz CT molecular complexity index is 913. The van der Waals surface area contributed by atoms with Gasteiger partial charge in [-0.2, -0.15) is 5.26 Å². The largest absolute Gasteiger partial charge is 0.450 e. The molecule has 2 rings (SSSR count). The lowest BCUT2D eigenvalue weighted by Crippen LogP contribution is -2.44. The minimum atomic E-state index is -3.82. The van der Waals surface area contributed by atoms with E-state index < -0.39 is 15.9 Å². The van der Waals surface area contributed by atoms with Crippen LogP contribution in [0.5, 0.6) is 0 Å². The highest BCUT2D eigenvalue weighted by Crippen LogP contribution is 2.14. The SMILES string of the molecule is CCOC(=O)N1CCC(N/C=C(/C#N)C(=O)Nc2ccc(S(N)(=O)=O)cc2)CC1. The predicted molar refractivity (Wildman–Crippen MR) is 105 cm³/mol. The summed E-state index contributed by atoms with van der Waals surface area (Å²) in [6, 6.07) is 7.13. The molecular weight excluding hydrogens is 398 g/mol. The van der Waals surface area contributed by atoms with Crippen molar-refractivity contribution >= 4 is 27.7 Å². The van der Waals surface area contributed by atoms with E-state index in [1.165, 1.54) is 30.5 Å². The Morgan fingerprint density at radius 3 is 2.45 bits per heavy atom. The molecule has 10 nitrogen and oxygen atoms in total. The van der Waals surface area contributed by atoms with Crippen LogP contribution in [0.3, 0.4) is 0 Å². The minimum Gasteiger partial charge on any atom is -0.450 e. The molecule has 11 heteroatoms. The molecule has 1 aliphatic rings. The molecule has 1 aromatic carbocycles. The standard InChI is InChI=1S/C18H23N5O5S/c1-2-28-18(25)23-9-7-14(8-10-23)21-12-13(11-19)17(24)22-15-3-5-16(6-4-15)29(20,26)27/h3-6,12,14,21H,2,7-10H2,1H3,(H,22,24)(H2,20,26,27)/b13-12-. The van der Waals surface area contributed by atoms with Gasteiger partial charge in [0.05, 0.1) is 11.5 Å². The quantitative estimate of drug-likeness (QED) is 0.455. The lowest BCUT2D eigenvalue weighted by molar-refractivity contribution is -0.112. The molecule has 4 N–H and O–H groups in total. The van der Waals surface area contributed by atoms with Crippen LogP contribution in [0.15, 0.2) is 40.9 Å². The average molecular weight is 421 g/mol. The molecule has 156 valence electrons. The van der Waals surface area contributed by atoms with Crippen LogP contribution in [-0.4, -0.2) is 51.1 Å². The van der Waals surface area contributed by atoms with E-state index in [4.69, 9.17) is 9.88 Å². The second kappa shape index (κ2) is 9.90. The highest BCUT2D eigenvalue weighted by molar-refractivity contribution is 7.89. The first kappa shape index (κ1) is 22.2. The smallest absolute Gasteiger partial charge is 0.409 e. The zero-order valence-corrected chi connectivity index (χ0v) is 16.7. The summed E-state index contributed by atoms with van der Waals surface area (Å²) in [6.45, 7) is 3.12. The molecule has 1 fully saturated rings. The number of nitrogens with one attached hydrogen (secondary N) is 2. The highest BCUT2D eigenvalue weighted by atomic mass is 32.2. The third-order valence-electron chi connectivity index (χ3n) is 4.29. The van der Waals surface area contributed by atoms with Crippen LogP contribution in [0.25, 0.3) is 0 Å². The molecule has 0 radical (unpaired) electrons. The molecule has 1 aromatic rings. The summed E-state index contributed by atoms with van der Waals surface area (Å²) >= 11 is 0. The van der Waals surface area contributed by atoms with E-state index in [0.717, 1.165) is 0 Å². The van der Waals surface area contributed by atoms with Gasteiger partial charge in [-0.15, -0.1) is 0 Å². The Hall–Kier alpha value is -3.10. The van der Waals surface area contributed by atoms with E-state index in [0.29, 0.717) is 38.2 Å². The number of ether oxygens (including phenoxy) is 1. The maximum atomic E-state index is 12.3. The number of hydrogen-bond acceptors (Lipinski definition) is 7. The molecule has 1 heterocycles. The summed E-state index contributed by atoms with van der Waals surface area (Å²) in [5.41, 5.74) is 0.194. The zero-order chi connectivity index (χ0) is 21.4. The number of rotatable bonds is 6. The lowest BCUT2D eigenvalue weighted by atomic mass is 10.1. The molecule has 0 atom stereocenters. The molecule has 0 aromatic heterocycles. The van der Waals surface area contributed by atoms with Crippen LogP contribution < -0.4 is 15.8 Å². The fraction of sp³-hybridized carbons (Fsp3) is 0.389. The van der Waals surface area contributed by atoms with Crippen molar-refractivity contribution in [1.82, 2.24) is 10.2 Å². The van der Waals surface area contributed by atoms with Gasteiger partial charge in [0.15, 0.2) is 0 Å². The van der Waals surface area contributed by atoms with Crippen LogP contribution in [-0.2, 0) is 19.6 Å². The van der Waals surface area contributed by atoms with E-state index in [9.17, 15) is 23.3 Å². The summed E-state index contributed by atoms with van der Waals surface area (Å²) in [4.78, 5) is 25.5. The molecule has 0 saturated carbocycles. The third-order valence-corrected chi connectivity index (χ3v) is 5.22. The number of primary sulfonamides is 1. The Morgan fingerprint density at radius 1 is 1.31 bits per heavy atom. The number of benzene rings is 1. The summed E-state index contributed by atoms with van der Waals surface area (Å²) in [5, 5.41) is 19.8. The number of nitrogens with zero attached hydrogens (tertiary/aromatic N) is 2. The number of piperidine rings is 1. The number of nitriles is 1. The van der Waals surface area contributed by atoms with E-state index in [2.05, 4.69) is 10.6 Å². The number of carbonyl (C=O) groups is 2. The molecule has 0 bridgehead atoms. The topological polar surface area (TPSA) is 155 Å². The molecule has 0 unspecified atom stereocenters. The number of anilines is 1. The number of nitrogens with two attached hydrogens (primary N) is 1. The fourth-order valence-electron chi connectivity index (χ4n) is 2.72. The molecule has 0 spiro atoms. The lowest BCUT2D eigenvalue weighted by Gasteiger charge is -2.31. The second-order valence-electron chi connectivity index (χ2n) is 6.32. The Labute approximate surface area is 169 Å². The van der Waals surface area contributed by atoms with Crippen LogP contribution in [0.1, 0.15) is 19.8 Å². The highest BCUT2D eigenvalue weighted by Gasteiger charge is 2.23. The van der Waals surface area contributed by atoms with Gasteiger partial charge in [-0.25, -0.2) is 18.4 Å². The van der Waals surface area contributed by atoms with E-state index in [1.807, 2.05) is 6.07 Å². The second-order valence-corrected chi connectivity index (χ2v) is 7.88. The van der Waals surface area contributed by atoms with Gasteiger partial charge in [-0.1, -0.05) is 0 Å². The van der Waals surface area contributed by atoms with Gasteiger partial charge in [0.1, 0.15) is 11.6 Å². The van der Waals surface area contributed by atoms with Crippen molar-refractivity contribution in [3.63, 3.8) is 0 Å². The van der Waals surface area contributed by atoms with Crippen molar-refractivity contribution in [2.24, 2.45) is 5.14 Å². The number of sulfonamides is 1. The number of amides is 2. The normalized spacial score (nSPS) is 15.3. The molecule has 29 heavy (non-hydrogen) atoms. The van der Waals surface area contributed by atoms with Crippen LogP contribution in [0, 0.1) is 11.3 Å². The Kier molecular flexibility index (Phi) is 7.58. The number of carbonyl (C=O) groups excluding carboxylic acids is 2. The maximum absolute atomic E-state index is 12.3. The summed E-state index contributed by atoms with van der Waals surface area (Å²) in [6.07, 6.45) is 2.32. The van der Waals surface area contributed by atoms with Crippen molar-refractivity contribution < 1.29 is 22.7 Å². The van der Waals surface area contributed by atoms with Gasteiger partial charge in [0.2, 0.25) is 10.0 Å². The number of hydrogen-bond donors (Lipinski definition) is 3. The summed E-state index contributed by atoms with van der Waals surface area (Å²) < 4.78 is 27.5. The molecule has 0 aliphatic carbocycles. The number of likely N-dealkylation sites (tertiary alicyclic amines) is 1. The van der Waals surface area contributed by atoms with E-state index in [1.54, 1.807) is 11.8 Å². The molecule has 2 amide bonds. The van der Waals surface area contributed by atoms with E-state index >= 15 is 0 Å². The molecular formula is C18H23N5O5S. The van der Waals surface area contributed by atoms with Gasteiger partial charge < -0.3 is 20.3 Å². The maximum Gasteiger partial charge on any atom is 0.409 e. The average Bonchev–Trinajstić information content (AvgIpc) is 2.69. The first-order valence-electron chi connectivity index (χ1n) is 8.96. The fourth-order valence-corrected chi connectivity index (χ4v) is 3.24.